The number of aliphatic imine (C=N–C) groups is 1. The number of nitrogens with zero attached hydrogens (tertiary/aromatic N) is 2. The summed E-state index contributed by atoms with van der Waals surface area (Å²) in [6.07, 6.45) is 2.16. The van der Waals surface area contributed by atoms with E-state index in [1.807, 2.05) is 65.8 Å². The summed E-state index contributed by atoms with van der Waals surface area (Å²) in [6.45, 7) is 5.43. The van der Waals surface area contributed by atoms with Crippen LogP contribution in [0.5, 0.6) is 11.5 Å². The molecule has 0 unspecified atom stereocenters. The van der Waals surface area contributed by atoms with Crippen LogP contribution >= 0.6 is 11.8 Å². The van der Waals surface area contributed by atoms with E-state index in [0.717, 1.165) is 36.3 Å². The number of carbonyl (C=O) groups is 2. The molecule has 3 heterocycles. The van der Waals surface area contributed by atoms with Gasteiger partial charge in [-0.05, 0) is 55.4 Å². The number of allylic oxidation sites excluding steroid dienone is 1. The minimum atomic E-state index is -0.564. The van der Waals surface area contributed by atoms with Crippen LogP contribution in [-0.4, -0.2) is 54.9 Å². The number of methoxy groups -OCH3 is 1. The van der Waals surface area contributed by atoms with Crippen molar-refractivity contribution >= 4 is 28.8 Å². The SMILES string of the molecule is CCOC(=O)C1=C(C)N=C2SC=C(CC(=O)NC[C@@H]3CCCO3)N2[C@H]1c1ccc(OCc2ccccc2)c(OC)c1. The normalized spacial score (nSPS) is 19.8. The molecule has 0 radical (unpaired) electrons. The van der Waals surface area contributed by atoms with Crippen LogP contribution < -0.4 is 14.8 Å². The van der Waals surface area contributed by atoms with E-state index < -0.39 is 12.0 Å². The zero-order chi connectivity index (χ0) is 28.8. The number of carbonyl (C=O) groups excluding carboxylic acids is 2. The highest BCUT2D eigenvalue weighted by atomic mass is 32.2. The van der Waals surface area contributed by atoms with E-state index in [1.165, 1.54) is 11.8 Å². The molecule has 1 N–H and O–H groups in total. The highest BCUT2D eigenvalue weighted by molar-refractivity contribution is 8.16. The third-order valence-electron chi connectivity index (χ3n) is 7.13. The lowest BCUT2D eigenvalue weighted by Crippen LogP contribution is -2.38. The van der Waals surface area contributed by atoms with E-state index in [4.69, 9.17) is 23.9 Å². The first-order chi connectivity index (χ1) is 20.0. The average Bonchev–Trinajstić information content (AvgIpc) is 3.65. The molecule has 41 heavy (non-hydrogen) atoms. The number of amides is 1. The van der Waals surface area contributed by atoms with Crippen molar-refractivity contribution in [2.24, 2.45) is 4.99 Å². The molecule has 0 saturated carbocycles. The lowest BCUT2D eigenvalue weighted by molar-refractivity contribution is -0.139. The lowest BCUT2D eigenvalue weighted by Gasteiger charge is -2.36. The van der Waals surface area contributed by atoms with Crippen molar-refractivity contribution in [2.75, 3.05) is 26.9 Å². The van der Waals surface area contributed by atoms with Gasteiger partial charge in [-0.25, -0.2) is 9.79 Å². The van der Waals surface area contributed by atoms with E-state index >= 15 is 0 Å². The van der Waals surface area contributed by atoms with E-state index in [1.54, 1.807) is 14.0 Å². The number of rotatable bonds is 11. The van der Waals surface area contributed by atoms with Crippen LogP contribution in [0.3, 0.4) is 0 Å². The molecular weight excluding hydrogens is 542 g/mol. The van der Waals surface area contributed by atoms with Crippen molar-refractivity contribution in [2.45, 2.75) is 51.9 Å². The quantitative estimate of drug-likeness (QED) is 0.369. The maximum Gasteiger partial charge on any atom is 0.338 e. The van der Waals surface area contributed by atoms with Gasteiger partial charge in [-0.15, -0.1) is 0 Å². The molecule has 1 amide bonds. The van der Waals surface area contributed by atoms with Gasteiger partial charge in [-0.1, -0.05) is 48.2 Å². The molecule has 1 fully saturated rings. The Labute approximate surface area is 244 Å². The molecule has 2 aromatic carbocycles. The first-order valence-electron chi connectivity index (χ1n) is 13.8. The largest absolute Gasteiger partial charge is 0.493 e. The van der Waals surface area contributed by atoms with Gasteiger partial charge in [0.05, 0.1) is 43.6 Å². The molecule has 216 valence electrons. The summed E-state index contributed by atoms with van der Waals surface area (Å²) in [6, 6.07) is 15.0. The Morgan fingerprint density at radius 2 is 2.00 bits per heavy atom. The number of thioether (sulfide) groups is 1. The third kappa shape index (κ3) is 6.60. The van der Waals surface area contributed by atoms with Crippen molar-refractivity contribution in [1.82, 2.24) is 10.2 Å². The fourth-order valence-electron chi connectivity index (χ4n) is 5.12. The molecule has 10 heteroatoms. The average molecular weight is 578 g/mol. The van der Waals surface area contributed by atoms with E-state index in [-0.39, 0.29) is 25.0 Å². The van der Waals surface area contributed by atoms with Crippen molar-refractivity contribution in [3.05, 3.63) is 82.0 Å². The lowest BCUT2D eigenvalue weighted by atomic mass is 9.93. The molecule has 5 rings (SSSR count). The molecule has 3 aliphatic heterocycles. The smallest absolute Gasteiger partial charge is 0.338 e. The number of amidine groups is 1. The number of fused-ring (bicyclic) bond motifs is 1. The molecule has 2 atom stereocenters. The van der Waals surface area contributed by atoms with Gasteiger partial charge in [0, 0.05) is 18.8 Å². The Hall–Kier alpha value is -3.76. The van der Waals surface area contributed by atoms with Crippen LogP contribution in [-0.2, 0) is 25.7 Å². The Bertz CT molecular complexity index is 1370. The summed E-state index contributed by atoms with van der Waals surface area (Å²) in [7, 11) is 1.59. The topological polar surface area (TPSA) is 98.7 Å². The monoisotopic (exact) mass is 577 g/mol. The van der Waals surface area contributed by atoms with Crippen molar-refractivity contribution in [3.8, 4) is 11.5 Å². The molecule has 0 spiro atoms. The van der Waals surface area contributed by atoms with E-state index in [9.17, 15) is 9.59 Å². The summed E-state index contributed by atoms with van der Waals surface area (Å²) in [5.74, 6) is 0.567. The van der Waals surface area contributed by atoms with Crippen molar-refractivity contribution in [1.29, 1.82) is 0 Å². The Kier molecular flexibility index (Phi) is 9.31. The van der Waals surface area contributed by atoms with Crippen molar-refractivity contribution in [3.63, 3.8) is 0 Å². The van der Waals surface area contributed by atoms with Gasteiger partial charge in [-0.3, -0.25) is 4.79 Å². The molecule has 3 aliphatic rings. The summed E-state index contributed by atoms with van der Waals surface area (Å²) < 4.78 is 22.9. The molecule has 0 bridgehead atoms. The second-order valence-electron chi connectivity index (χ2n) is 9.91. The van der Waals surface area contributed by atoms with Gasteiger partial charge < -0.3 is 29.2 Å². The van der Waals surface area contributed by atoms with Gasteiger partial charge >= 0.3 is 5.97 Å². The minimum absolute atomic E-state index is 0.0573. The Morgan fingerprint density at radius 1 is 1.17 bits per heavy atom. The van der Waals surface area contributed by atoms with Crippen molar-refractivity contribution < 1.29 is 28.5 Å². The Balaban J connectivity index is 1.42. The van der Waals surface area contributed by atoms with Gasteiger partial charge in [-0.2, -0.15) is 0 Å². The van der Waals surface area contributed by atoms with Crippen LogP contribution in [0.1, 0.15) is 50.3 Å². The highest BCUT2D eigenvalue weighted by Gasteiger charge is 2.41. The first-order valence-corrected chi connectivity index (χ1v) is 14.7. The van der Waals surface area contributed by atoms with Crippen LogP contribution in [0.25, 0.3) is 0 Å². The maximum atomic E-state index is 13.3. The second-order valence-corrected chi connectivity index (χ2v) is 10.8. The zero-order valence-electron chi connectivity index (χ0n) is 23.6. The number of nitrogens with one attached hydrogen (secondary N) is 1. The predicted octanol–water partition coefficient (Wildman–Crippen LogP) is 5.10. The van der Waals surface area contributed by atoms with Crippen LogP contribution in [0, 0.1) is 0 Å². The standard InChI is InChI=1S/C31H35N3O6S/c1-4-38-30(36)28-20(2)33-31-34(23(19-41-31)16-27(35)32-17-24-11-8-14-39-24)29(28)22-12-13-25(26(15-22)37-3)40-18-21-9-6-5-7-10-21/h5-7,9-10,12-13,15,19,24,29H,4,8,11,14,16-18H2,1-3H3,(H,32,35)/t24-,29-/m0/s1. The van der Waals surface area contributed by atoms with E-state index in [2.05, 4.69) is 5.32 Å². The Morgan fingerprint density at radius 3 is 2.73 bits per heavy atom. The minimum Gasteiger partial charge on any atom is -0.493 e. The summed E-state index contributed by atoms with van der Waals surface area (Å²) >= 11 is 1.43. The number of hydrogen-bond acceptors (Lipinski definition) is 9. The first kappa shape index (κ1) is 28.8. The molecule has 9 nitrogen and oxygen atoms in total. The summed E-state index contributed by atoms with van der Waals surface area (Å²) in [5.41, 5.74) is 3.58. The maximum absolute atomic E-state index is 13.3. The van der Waals surface area contributed by atoms with Gasteiger partial charge in [0.15, 0.2) is 16.7 Å². The van der Waals surface area contributed by atoms with Gasteiger partial charge in [0.2, 0.25) is 5.91 Å². The number of ether oxygens (including phenoxy) is 4. The second kappa shape index (κ2) is 13.3. The summed E-state index contributed by atoms with van der Waals surface area (Å²) in [5, 5.41) is 5.62. The zero-order valence-corrected chi connectivity index (χ0v) is 24.4. The number of esters is 1. The van der Waals surface area contributed by atoms with Gasteiger partial charge in [0.1, 0.15) is 6.61 Å². The molecular formula is C31H35N3O6S. The predicted molar refractivity (Wildman–Crippen MR) is 157 cm³/mol. The van der Waals surface area contributed by atoms with Crippen LogP contribution in [0.2, 0.25) is 0 Å². The van der Waals surface area contributed by atoms with Gasteiger partial charge in [0.25, 0.3) is 0 Å². The molecule has 1 saturated heterocycles. The number of benzene rings is 2. The third-order valence-corrected chi connectivity index (χ3v) is 8.02. The number of hydrogen-bond donors (Lipinski definition) is 1. The molecule has 2 aromatic rings. The fourth-order valence-corrected chi connectivity index (χ4v) is 6.09. The fraction of sp³-hybridized carbons (Fsp3) is 0.387. The summed E-state index contributed by atoms with van der Waals surface area (Å²) in [4.78, 5) is 32.9. The van der Waals surface area contributed by atoms with Crippen LogP contribution in [0.15, 0.2) is 75.9 Å². The van der Waals surface area contributed by atoms with Crippen LogP contribution in [0.4, 0.5) is 0 Å². The molecule has 0 aliphatic carbocycles. The van der Waals surface area contributed by atoms with E-state index in [0.29, 0.717) is 41.1 Å². The molecule has 0 aromatic heterocycles. The highest BCUT2D eigenvalue weighted by Crippen LogP contribution is 2.46.